The largest absolute Gasteiger partial charge is 0.477 e. The number of carbonyl (C=O) groups is 1. The van der Waals surface area contributed by atoms with Gasteiger partial charge in [-0.05, 0) is 17.5 Å². The molecule has 0 aliphatic heterocycles. The van der Waals surface area contributed by atoms with E-state index in [1.807, 2.05) is 12.1 Å². The van der Waals surface area contributed by atoms with Crippen LogP contribution in [-0.2, 0) is 13.0 Å². The van der Waals surface area contributed by atoms with E-state index < -0.39 is 5.97 Å². The topological polar surface area (TPSA) is 75.1 Å². The maximum Gasteiger partial charge on any atom is 0.341 e. The number of hydrogen-bond acceptors (Lipinski definition) is 4. The zero-order valence-electron chi connectivity index (χ0n) is 10.6. The van der Waals surface area contributed by atoms with Crippen LogP contribution in [0.25, 0.3) is 0 Å². The van der Waals surface area contributed by atoms with E-state index in [0.717, 1.165) is 12.0 Å². The second-order valence-electron chi connectivity index (χ2n) is 4.11. The average molecular weight is 257 g/mol. The van der Waals surface area contributed by atoms with Gasteiger partial charge in [0.05, 0.1) is 0 Å². The first-order valence-electron chi connectivity index (χ1n) is 6.05. The number of aromatic carboxylic acids is 1. The van der Waals surface area contributed by atoms with E-state index in [1.54, 1.807) is 0 Å². The van der Waals surface area contributed by atoms with Gasteiger partial charge in [-0.3, -0.25) is 0 Å². The van der Waals surface area contributed by atoms with Crippen LogP contribution < -0.4 is 5.32 Å². The highest BCUT2D eigenvalue weighted by Gasteiger charge is 2.10. The second kappa shape index (κ2) is 5.95. The molecule has 0 spiro atoms. The number of carboxylic acids is 1. The molecule has 0 bridgehead atoms. The van der Waals surface area contributed by atoms with Crippen molar-refractivity contribution in [2.45, 2.75) is 19.9 Å². The highest BCUT2D eigenvalue weighted by Crippen LogP contribution is 2.12. The van der Waals surface area contributed by atoms with Gasteiger partial charge in [0.2, 0.25) is 0 Å². The van der Waals surface area contributed by atoms with Crippen molar-refractivity contribution in [3.8, 4) is 0 Å². The molecule has 98 valence electrons. The number of hydrogen-bond donors (Lipinski definition) is 2. The van der Waals surface area contributed by atoms with Crippen molar-refractivity contribution in [3.05, 3.63) is 53.5 Å². The first-order valence-corrected chi connectivity index (χ1v) is 6.05. The van der Waals surface area contributed by atoms with Gasteiger partial charge in [0.15, 0.2) is 0 Å². The Morgan fingerprint density at radius 3 is 2.58 bits per heavy atom. The quantitative estimate of drug-likeness (QED) is 0.860. The van der Waals surface area contributed by atoms with Crippen molar-refractivity contribution >= 4 is 11.8 Å². The zero-order chi connectivity index (χ0) is 13.7. The Bertz CT molecular complexity index is 567. The molecule has 0 unspecified atom stereocenters. The van der Waals surface area contributed by atoms with Gasteiger partial charge in [0, 0.05) is 12.7 Å². The van der Waals surface area contributed by atoms with Crippen molar-refractivity contribution < 1.29 is 9.90 Å². The lowest BCUT2D eigenvalue weighted by Crippen LogP contribution is -2.08. The maximum absolute atomic E-state index is 11.0. The summed E-state index contributed by atoms with van der Waals surface area (Å²) >= 11 is 0. The van der Waals surface area contributed by atoms with Gasteiger partial charge < -0.3 is 10.4 Å². The molecule has 5 heteroatoms. The fraction of sp³-hybridized carbons (Fsp3) is 0.214. The highest BCUT2D eigenvalue weighted by molar-refractivity contribution is 5.92. The molecule has 0 fully saturated rings. The molecule has 0 saturated heterocycles. The second-order valence-corrected chi connectivity index (χ2v) is 4.11. The Morgan fingerprint density at radius 2 is 1.95 bits per heavy atom. The minimum absolute atomic E-state index is 0.0766. The summed E-state index contributed by atoms with van der Waals surface area (Å²) in [6, 6.07) is 8.17. The minimum atomic E-state index is -1.04. The zero-order valence-corrected chi connectivity index (χ0v) is 10.6. The Balaban J connectivity index is 2.07. The van der Waals surface area contributed by atoms with Crippen LogP contribution in [-0.4, -0.2) is 21.0 Å². The SMILES string of the molecule is CCc1ccc(CNc2ncncc2C(=O)O)cc1. The first-order chi connectivity index (χ1) is 9.20. The molecule has 0 saturated carbocycles. The van der Waals surface area contributed by atoms with Gasteiger partial charge in [-0.25, -0.2) is 14.8 Å². The summed E-state index contributed by atoms with van der Waals surface area (Å²) in [6.45, 7) is 2.63. The molecular formula is C14H15N3O2. The summed E-state index contributed by atoms with van der Waals surface area (Å²) in [5.41, 5.74) is 2.43. The lowest BCUT2D eigenvalue weighted by Gasteiger charge is -2.08. The fourth-order valence-electron chi connectivity index (χ4n) is 1.71. The van der Waals surface area contributed by atoms with Crippen LogP contribution in [0.5, 0.6) is 0 Å². The number of rotatable bonds is 5. The van der Waals surface area contributed by atoms with Gasteiger partial charge in [0.1, 0.15) is 17.7 Å². The van der Waals surface area contributed by atoms with Crippen LogP contribution in [0.4, 0.5) is 5.82 Å². The average Bonchev–Trinajstić information content (AvgIpc) is 2.46. The van der Waals surface area contributed by atoms with Gasteiger partial charge in [-0.1, -0.05) is 31.2 Å². The third kappa shape index (κ3) is 3.28. The van der Waals surface area contributed by atoms with Crippen LogP contribution in [0.15, 0.2) is 36.8 Å². The number of aromatic nitrogens is 2. The van der Waals surface area contributed by atoms with E-state index in [1.165, 1.54) is 18.1 Å². The summed E-state index contributed by atoms with van der Waals surface area (Å²) in [5, 5.41) is 12.0. The van der Waals surface area contributed by atoms with Crippen LogP contribution >= 0.6 is 0 Å². The number of carboxylic acid groups (broad SMARTS) is 1. The first kappa shape index (κ1) is 13.0. The van der Waals surface area contributed by atoms with E-state index in [4.69, 9.17) is 5.11 Å². The van der Waals surface area contributed by atoms with Gasteiger partial charge in [-0.2, -0.15) is 0 Å². The van der Waals surface area contributed by atoms with Crippen LogP contribution in [0, 0.1) is 0 Å². The monoisotopic (exact) mass is 257 g/mol. The molecule has 5 nitrogen and oxygen atoms in total. The molecule has 2 aromatic rings. The Hall–Kier alpha value is -2.43. The van der Waals surface area contributed by atoms with Crippen molar-refractivity contribution in [2.24, 2.45) is 0 Å². The van der Waals surface area contributed by atoms with E-state index >= 15 is 0 Å². The smallest absolute Gasteiger partial charge is 0.341 e. The highest BCUT2D eigenvalue weighted by atomic mass is 16.4. The summed E-state index contributed by atoms with van der Waals surface area (Å²) in [4.78, 5) is 18.7. The Kier molecular flexibility index (Phi) is 4.07. The third-order valence-corrected chi connectivity index (χ3v) is 2.83. The van der Waals surface area contributed by atoms with Gasteiger partial charge >= 0.3 is 5.97 Å². The molecular weight excluding hydrogens is 242 g/mol. The Morgan fingerprint density at radius 1 is 1.26 bits per heavy atom. The molecule has 19 heavy (non-hydrogen) atoms. The van der Waals surface area contributed by atoms with Gasteiger partial charge in [-0.15, -0.1) is 0 Å². The summed E-state index contributed by atoms with van der Waals surface area (Å²) < 4.78 is 0. The van der Waals surface area contributed by atoms with E-state index in [9.17, 15) is 4.79 Å². The number of nitrogens with zero attached hydrogens (tertiary/aromatic N) is 2. The predicted octanol–water partition coefficient (Wildman–Crippen LogP) is 2.35. The molecule has 1 aromatic carbocycles. The maximum atomic E-state index is 11.0. The van der Waals surface area contributed by atoms with Crippen LogP contribution in [0.2, 0.25) is 0 Å². The molecule has 1 heterocycles. The summed E-state index contributed by atoms with van der Waals surface area (Å²) in [7, 11) is 0. The number of nitrogens with one attached hydrogen (secondary N) is 1. The van der Waals surface area contributed by atoms with E-state index in [2.05, 4.69) is 34.3 Å². The molecule has 0 atom stereocenters. The van der Waals surface area contributed by atoms with Crippen molar-refractivity contribution in [2.75, 3.05) is 5.32 Å². The lowest BCUT2D eigenvalue weighted by molar-refractivity contribution is 0.0697. The molecule has 1 aromatic heterocycles. The number of anilines is 1. The lowest BCUT2D eigenvalue weighted by atomic mass is 10.1. The van der Waals surface area contributed by atoms with E-state index in [-0.39, 0.29) is 5.56 Å². The molecule has 0 aliphatic rings. The van der Waals surface area contributed by atoms with Crippen molar-refractivity contribution in [1.29, 1.82) is 0 Å². The normalized spacial score (nSPS) is 10.2. The minimum Gasteiger partial charge on any atom is -0.477 e. The number of aryl methyl sites for hydroxylation is 1. The molecule has 0 radical (unpaired) electrons. The molecule has 0 aliphatic carbocycles. The molecule has 2 rings (SSSR count). The predicted molar refractivity (Wildman–Crippen MR) is 72.1 cm³/mol. The summed E-state index contributed by atoms with van der Waals surface area (Å²) in [5.74, 6) is -0.702. The van der Waals surface area contributed by atoms with Crippen LogP contribution in [0.1, 0.15) is 28.4 Å². The van der Waals surface area contributed by atoms with Gasteiger partial charge in [0.25, 0.3) is 0 Å². The van der Waals surface area contributed by atoms with Crippen molar-refractivity contribution in [3.63, 3.8) is 0 Å². The molecule has 2 N–H and O–H groups in total. The third-order valence-electron chi connectivity index (χ3n) is 2.83. The Labute approximate surface area is 111 Å². The number of benzene rings is 1. The standard InChI is InChI=1S/C14H15N3O2/c1-2-10-3-5-11(6-4-10)7-16-13-12(14(18)19)8-15-9-17-13/h3-6,8-9H,2,7H2,1H3,(H,18,19)(H,15,16,17). The van der Waals surface area contributed by atoms with Crippen molar-refractivity contribution in [1.82, 2.24) is 9.97 Å². The fourth-order valence-corrected chi connectivity index (χ4v) is 1.71. The summed E-state index contributed by atoms with van der Waals surface area (Å²) in [6.07, 6.45) is 3.62. The van der Waals surface area contributed by atoms with E-state index in [0.29, 0.717) is 12.4 Å². The molecule has 0 amide bonds. The van der Waals surface area contributed by atoms with Crippen LogP contribution in [0.3, 0.4) is 0 Å².